The van der Waals surface area contributed by atoms with Gasteiger partial charge in [-0.25, -0.2) is 9.79 Å². The molecule has 2 aromatic rings. The Kier molecular flexibility index (Phi) is 6.01. The van der Waals surface area contributed by atoms with E-state index in [0.29, 0.717) is 23.9 Å². The molecule has 0 atom stereocenters. The van der Waals surface area contributed by atoms with Crippen molar-refractivity contribution >= 4 is 11.9 Å². The van der Waals surface area contributed by atoms with Crippen LogP contribution in [0.3, 0.4) is 0 Å². The summed E-state index contributed by atoms with van der Waals surface area (Å²) in [4.78, 5) is 15.2. The van der Waals surface area contributed by atoms with Gasteiger partial charge in [-0.1, -0.05) is 30.3 Å². The van der Waals surface area contributed by atoms with Crippen LogP contribution in [0, 0.1) is 0 Å². The summed E-state index contributed by atoms with van der Waals surface area (Å²) < 4.78 is 16.2. The van der Waals surface area contributed by atoms with Gasteiger partial charge < -0.3 is 25.7 Å². The van der Waals surface area contributed by atoms with E-state index in [9.17, 15) is 4.79 Å². The van der Waals surface area contributed by atoms with Crippen molar-refractivity contribution in [3.63, 3.8) is 0 Å². The first-order chi connectivity index (χ1) is 11.6. The van der Waals surface area contributed by atoms with E-state index in [1.807, 2.05) is 30.3 Å². The summed E-state index contributed by atoms with van der Waals surface area (Å²) >= 11 is 0. The van der Waals surface area contributed by atoms with Crippen molar-refractivity contribution in [2.24, 2.45) is 16.5 Å². The van der Waals surface area contributed by atoms with Crippen LogP contribution in [0.5, 0.6) is 17.2 Å². The van der Waals surface area contributed by atoms with Crippen LogP contribution >= 0.6 is 0 Å². The van der Waals surface area contributed by atoms with E-state index in [1.165, 1.54) is 7.11 Å². The highest BCUT2D eigenvalue weighted by Gasteiger charge is 2.10. The lowest BCUT2D eigenvalue weighted by atomic mass is 10.2. The van der Waals surface area contributed by atoms with E-state index in [1.54, 1.807) is 18.2 Å². The van der Waals surface area contributed by atoms with Crippen LogP contribution in [0.1, 0.15) is 5.56 Å². The molecule has 24 heavy (non-hydrogen) atoms. The summed E-state index contributed by atoms with van der Waals surface area (Å²) in [5.41, 5.74) is 11.4. The fourth-order valence-electron chi connectivity index (χ4n) is 1.89. The number of esters is 1. The van der Waals surface area contributed by atoms with Crippen molar-refractivity contribution < 1.29 is 19.0 Å². The number of nitrogens with zero attached hydrogens (tertiary/aromatic N) is 1. The highest BCUT2D eigenvalue weighted by molar-refractivity contribution is 5.81. The number of hydrogen-bond acceptors (Lipinski definition) is 5. The van der Waals surface area contributed by atoms with Crippen LogP contribution in [0.15, 0.2) is 53.5 Å². The predicted molar refractivity (Wildman–Crippen MR) is 90.1 cm³/mol. The molecule has 0 saturated heterocycles. The van der Waals surface area contributed by atoms with Crippen molar-refractivity contribution in [1.82, 2.24) is 0 Å². The highest BCUT2D eigenvalue weighted by Crippen LogP contribution is 2.32. The zero-order chi connectivity index (χ0) is 17.4. The maximum absolute atomic E-state index is 11.6. The number of rotatable bonds is 7. The number of nitrogens with two attached hydrogens (primary N) is 2. The number of guanidine groups is 1. The van der Waals surface area contributed by atoms with Crippen LogP contribution in [0.25, 0.3) is 0 Å². The van der Waals surface area contributed by atoms with Gasteiger partial charge in [0.25, 0.3) is 0 Å². The number of hydrogen-bond donors (Lipinski definition) is 2. The molecule has 2 rings (SSSR count). The maximum Gasteiger partial charge on any atom is 0.333 e. The average Bonchev–Trinajstić information content (AvgIpc) is 2.59. The van der Waals surface area contributed by atoms with E-state index in [4.69, 9.17) is 25.7 Å². The van der Waals surface area contributed by atoms with Gasteiger partial charge in [-0.3, -0.25) is 0 Å². The Morgan fingerprint density at radius 2 is 1.83 bits per heavy atom. The fourth-order valence-corrected chi connectivity index (χ4v) is 1.89. The second-order valence-corrected chi connectivity index (χ2v) is 4.80. The number of carbonyl (C=O) groups is 1. The SMILES string of the molecule is COc1ccc(OC(=O)CN=C(N)N)cc1OCc1ccccc1. The third-order valence-corrected chi connectivity index (χ3v) is 2.99. The Bertz CT molecular complexity index is 713. The lowest BCUT2D eigenvalue weighted by molar-refractivity contribution is -0.132. The molecule has 0 aliphatic heterocycles. The van der Waals surface area contributed by atoms with Crippen LogP contribution in [-0.4, -0.2) is 25.6 Å². The maximum atomic E-state index is 11.6. The number of methoxy groups -OCH3 is 1. The van der Waals surface area contributed by atoms with Crippen molar-refractivity contribution in [2.45, 2.75) is 6.61 Å². The molecule has 0 amide bonds. The molecule has 126 valence electrons. The summed E-state index contributed by atoms with van der Waals surface area (Å²) in [7, 11) is 1.54. The average molecular weight is 329 g/mol. The molecule has 0 bridgehead atoms. The first-order valence-corrected chi connectivity index (χ1v) is 7.19. The van der Waals surface area contributed by atoms with Crippen LogP contribution in [-0.2, 0) is 11.4 Å². The topological polar surface area (TPSA) is 109 Å². The molecule has 0 heterocycles. The molecule has 0 unspecified atom stereocenters. The first-order valence-electron chi connectivity index (χ1n) is 7.19. The third kappa shape index (κ3) is 5.20. The second-order valence-electron chi connectivity index (χ2n) is 4.80. The molecule has 2 aromatic carbocycles. The molecule has 0 radical (unpaired) electrons. The molecule has 0 aliphatic rings. The quantitative estimate of drug-likeness (QED) is 0.344. The fraction of sp³-hybridized carbons (Fsp3) is 0.176. The Morgan fingerprint density at radius 1 is 1.08 bits per heavy atom. The van der Waals surface area contributed by atoms with Gasteiger partial charge in [0.15, 0.2) is 17.5 Å². The Balaban J connectivity index is 2.06. The zero-order valence-electron chi connectivity index (χ0n) is 13.3. The van der Waals surface area contributed by atoms with Gasteiger partial charge in [0.1, 0.15) is 18.9 Å². The predicted octanol–water partition coefficient (Wildman–Crippen LogP) is 1.45. The zero-order valence-corrected chi connectivity index (χ0v) is 13.3. The summed E-state index contributed by atoms with van der Waals surface area (Å²) in [5.74, 6) is 0.564. The minimum Gasteiger partial charge on any atom is -0.493 e. The first kappa shape index (κ1) is 17.1. The molecule has 0 saturated carbocycles. The lowest BCUT2D eigenvalue weighted by Crippen LogP contribution is -2.25. The Morgan fingerprint density at radius 3 is 2.50 bits per heavy atom. The highest BCUT2D eigenvalue weighted by atomic mass is 16.5. The van der Waals surface area contributed by atoms with Crippen LogP contribution in [0.4, 0.5) is 0 Å². The standard InChI is InChI=1S/C17H19N3O4/c1-22-14-8-7-13(24-16(21)10-20-17(18)19)9-15(14)23-11-12-5-3-2-4-6-12/h2-9H,10-11H2,1H3,(H4,18,19,20). The molecular weight excluding hydrogens is 310 g/mol. The normalized spacial score (nSPS) is 9.88. The number of aliphatic imine (C=N–C) groups is 1. The van der Waals surface area contributed by atoms with E-state index < -0.39 is 5.97 Å². The van der Waals surface area contributed by atoms with Gasteiger partial charge in [-0.05, 0) is 17.7 Å². The van der Waals surface area contributed by atoms with E-state index >= 15 is 0 Å². The Labute approximate surface area is 139 Å². The number of ether oxygens (including phenoxy) is 3. The molecule has 4 N–H and O–H groups in total. The van der Waals surface area contributed by atoms with Gasteiger partial charge in [0, 0.05) is 6.07 Å². The monoisotopic (exact) mass is 329 g/mol. The molecule has 7 heteroatoms. The lowest BCUT2D eigenvalue weighted by Gasteiger charge is -2.12. The summed E-state index contributed by atoms with van der Waals surface area (Å²) in [6.07, 6.45) is 0. The minimum atomic E-state index is -0.581. The molecule has 0 fully saturated rings. The van der Waals surface area contributed by atoms with E-state index in [-0.39, 0.29) is 12.5 Å². The summed E-state index contributed by atoms with van der Waals surface area (Å²) in [6, 6.07) is 14.5. The molecule has 0 spiro atoms. The van der Waals surface area contributed by atoms with Crippen LogP contribution in [0.2, 0.25) is 0 Å². The van der Waals surface area contributed by atoms with Gasteiger partial charge >= 0.3 is 5.97 Å². The molecule has 0 aliphatic carbocycles. The molecular formula is C17H19N3O4. The van der Waals surface area contributed by atoms with Crippen molar-refractivity contribution in [1.29, 1.82) is 0 Å². The Hall–Kier alpha value is -3.22. The number of benzene rings is 2. The smallest absolute Gasteiger partial charge is 0.333 e. The summed E-state index contributed by atoms with van der Waals surface area (Å²) in [6.45, 7) is 0.108. The van der Waals surface area contributed by atoms with Gasteiger partial charge in [0.2, 0.25) is 0 Å². The largest absolute Gasteiger partial charge is 0.493 e. The van der Waals surface area contributed by atoms with E-state index in [2.05, 4.69) is 4.99 Å². The number of carbonyl (C=O) groups excluding carboxylic acids is 1. The van der Waals surface area contributed by atoms with Gasteiger partial charge in [-0.15, -0.1) is 0 Å². The van der Waals surface area contributed by atoms with Gasteiger partial charge in [-0.2, -0.15) is 0 Å². The van der Waals surface area contributed by atoms with Crippen LogP contribution < -0.4 is 25.7 Å². The minimum absolute atomic E-state index is 0.173. The van der Waals surface area contributed by atoms with Crippen molar-refractivity contribution in [3.05, 3.63) is 54.1 Å². The van der Waals surface area contributed by atoms with E-state index in [0.717, 1.165) is 5.56 Å². The second kappa shape index (κ2) is 8.42. The van der Waals surface area contributed by atoms with Crippen molar-refractivity contribution in [3.8, 4) is 17.2 Å². The van der Waals surface area contributed by atoms with Gasteiger partial charge in [0.05, 0.1) is 7.11 Å². The third-order valence-electron chi connectivity index (χ3n) is 2.99. The summed E-state index contributed by atoms with van der Waals surface area (Å²) in [5, 5.41) is 0. The molecule has 7 nitrogen and oxygen atoms in total. The molecule has 0 aromatic heterocycles. The van der Waals surface area contributed by atoms with Crippen molar-refractivity contribution in [2.75, 3.05) is 13.7 Å².